The average Bonchev–Trinajstić information content (AvgIpc) is 3.48. The molecule has 1 fully saturated rings. The Hall–Kier alpha value is -4.05. The van der Waals surface area contributed by atoms with Gasteiger partial charge in [0.15, 0.2) is 5.78 Å². The van der Waals surface area contributed by atoms with Crippen LogP contribution in [-0.4, -0.2) is 71.9 Å². The summed E-state index contributed by atoms with van der Waals surface area (Å²) in [6.45, 7) is 4.37. The second-order valence-corrected chi connectivity index (χ2v) is 8.40. The van der Waals surface area contributed by atoms with Gasteiger partial charge < -0.3 is 29.7 Å². The van der Waals surface area contributed by atoms with Crippen LogP contribution in [-0.2, 0) is 6.54 Å². The van der Waals surface area contributed by atoms with Crippen molar-refractivity contribution in [1.29, 1.82) is 0 Å². The topological polar surface area (TPSA) is 123 Å². The molecule has 35 heavy (non-hydrogen) atoms. The highest BCUT2D eigenvalue weighted by atomic mass is 16.5. The normalized spacial score (nSPS) is 14.1. The fourth-order valence-electron chi connectivity index (χ4n) is 4.16. The van der Waals surface area contributed by atoms with Crippen LogP contribution in [0.2, 0.25) is 0 Å². The van der Waals surface area contributed by atoms with E-state index in [-0.39, 0.29) is 18.4 Å². The van der Waals surface area contributed by atoms with Gasteiger partial charge in [0.05, 0.1) is 37.7 Å². The van der Waals surface area contributed by atoms with E-state index in [1.165, 1.54) is 0 Å². The molecule has 2 aromatic heterocycles. The Morgan fingerprint density at radius 1 is 1.09 bits per heavy atom. The summed E-state index contributed by atoms with van der Waals surface area (Å²) in [5.74, 6) is 0.689. The van der Waals surface area contributed by atoms with E-state index in [2.05, 4.69) is 5.32 Å². The quantitative estimate of drug-likeness (QED) is 0.479. The van der Waals surface area contributed by atoms with Gasteiger partial charge in [0.25, 0.3) is 5.91 Å². The fourth-order valence-corrected chi connectivity index (χ4v) is 4.16. The van der Waals surface area contributed by atoms with E-state index in [0.717, 1.165) is 5.75 Å². The number of carbonyl (C=O) groups excluding carboxylic acids is 3. The van der Waals surface area contributed by atoms with Gasteiger partial charge in [-0.25, -0.2) is 4.79 Å². The summed E-state index contributed by atoms with van der Waals surface area (Å²) in [4.78, 5) is 41.4. The van der Waals surface area contributed by atoms with Crippen molar-refractivity contribution in [2.75, 3.05) is 45.2 Å². The average molecular weight is 480 g/mol. The van der Waals surface area contributed by atoms with E-state index >= 15 is 0 Å². The molecule has 0 aliphatic carbocycles. The van der Waals surface area contributed by atoms with Crippen LogP contribution in [0.1, 0.15) is 32.3 Å². The van der Waals surface area contributed by atoms with E-state index in [4.69, 9.17) is 14.9 Å². The lowest BCUT2D eigenvalue weighted by atomic mass is 10.2. The predicted octanol–water partition coefficient (Wildman–Crippen LogP) is 2.58. The number of benzene rings is 1. The van der Waals surface area contributed by atoms with Crippen molar-refractivity contribution in [2.24, 2.45) is 5.73 Å². The molecular weight excluding hydrogens is 450 g/mol. The van der Waals surface area contributed by atoms with Crippen LogP contribution in [0.25, 0.3) is 0 Å². The molecule has 0 saturated carbocycles. The Balaban J connectivity index is 1.36. The van der Waals surface area contributed by atoms with Crippen molar-refractivity contribution < 1.29 is 23.5 Å². The summed E-state index contributed by atoms with van der Waals surface area (Å²) < 4.78 is 12.3. The van der Waals surface area contributed by atoms with Crippen molar-refractivity contribution in [3.05, 3.63) is 71.4 Å². The number of amides is 3. The zero-order valence-corrected chi connectivity index (χ0v) is 19.8. The summed E-state index contributed by atoms with van der Waals surface area (Å²) in [6, 6.07) is 12.1. The first-order chi connectivity index (χ1) is 16.9. The summed E-state index contributed by atoms with van der Waals surface area (Å²) in [7, 11) is 1.59. The Labute approximate surface area is 203 Å². The number of carbonyl (C=O) groups is 3. The lowest BCUT2D eigenvalue weighted by Crippen LogP contribution is -2.51. The minimum atomic E-state index is -0.578. The molecule has 3 aromatic rings. The number of nitrogens with one attached hydrogen (secondary N) is 1. The van der Waals surface area contributed by atoms with Crippen LogP contribution < -0.4 is 15.8 Å². The molecule has 0 spiro atoms. The minimum absolute atomic E-state index is 0.122. The third kappa shape index (κ3) is 5.55. The number of piperazine rings is 1. The lowest BCUT2D eigenvalue weighted by Gasteiger charge is -2.34. The largest absolute Gasteiger partial charge is 0.497 e. The smallest absolute Gasteiger partial charge is 0.321 e. The molecule has 0 radical (unpaired) electrons. The standard InChI is InChI=1S/C25H29N5O5/c1-17-21(24(26)32)14-22(30(17)15-20-4-3-13-35-20)23(31)16-28-9-11-29(12-10-28)25(33)27-18-5-7-19(34-2)8-6-18/h3-8,13-14H,9-12,15-16H2,1-2H3,(H2,26,32)(H,27,33). The molecule has 0 bridgehead atoms. The Kier molecular flexibility index (Phi) is 7.21. The number of nitrogens with two attached hydrogens (primary N) is 1. The number of Topliss-reactive ketones (excluding diaryl/α,β-unsaturated/α-hetero) is 1. The van der Waals surface area contributed by atoms with Gasteiger partial charge >= 0.3 is 6.03 Å². The molecule has 3 N–H and O–H groups in total. The number of furan rings is 1. The number of hydrogen-bond donors (Lipinski definition) is 2. The number of urea groups is 1. The summed E-state index contributed by atoms with van der Waals surface area (Å²) in [6.07, 6.45) is 1.56. The number of ether oxygens (including phenoxy) is 1. The summed E-state index contributed by atoms with van der Waals surface area (Å²) in [5.41, 5.74) is 7.56. The molecule has 0 atom stereocenters. The number of ketones is 1. The molecule has 0 unspecified atom stereocenters. The van der Waals surface area contributed by atoms with E-state index in [9.17, 15) is 14.4 Å². The number of primary amides is 1. The minimum Gasteiger partial charge on any atom is -0.497 e. The van der Waals surface area contributed by atoms with Gasteiger partial charge in [0, 0.05) is 37.6 Å². The van der Waals surface area contributed by atoms with E-state index in [0.29, 0.717) is 61.1 Å². The molecule has 1 aromatic carbocycles. The van der Waals surface area contributed by atoms with Gasteiger partial charge in [-0.1, -0.05) is 0 Å². The zero-order valence-electron chi connectivity index (χ0n) is 19.8. The predicted molar refractivity (Wildman–Crippen MR) is 130 cm³/mol. The molecule has 4 rings (SSSR count). The Bertz CT molecular complexity index is 1190. The molecule has 10 heteroatoms. The van der Waals surface area contributed by atoms with Crippen LogP contribution in [0.4, 0.5) is 10.5 Å². The third-order valence-electron chi connectivity index (χ3n) is 6.18. The first-order valence-corrected chi connectivity index (χ1v) is 11.3. The maximum Gasteiger partial charge on any atom is 0.321 e. The third-order valence-corrected chi connectivity index (χ3v) is 6.18. The fraction of sp³-hybridized carbons (Fsp3) is 0.320. The highest BCUT2D eigenvalue weighted by Gasteiger charge is 2.26. The summed E-state index contributed by atoms with van der Waals surface area (Å²) in [5, 5.41) is 2.88. The molecule has 1 aliphatic heterocycles. The molecule has 184 valence electrons. The van der Waals surface area contributed by atoms with Crippen molar-refractivity contribution in [1.82, 2.24) is 14.4 Å². The lowest BCUT2D eigenvalue weighted by molar-refractivity contribution is 0.0874. The highest BCUT2D eigenvalue weighted by molar-refractivity contribution is 6.01. The van der Waals surface area contributed by atoms with Gasteiger partial charge in [-0.3, -0.25) is 14.5 Å². The molecule has 3 heterocycles. The van der Waals surface area contributed by atoms with E-state index < -0.39 is 5.91 Å². The van der Waals surface area contributed by atoms with Crippen LogP contribution in [0.15, 0.2) is 53.1 Å². The second kappa shape index (κ2) is 10.5. The van der Waals surface area contributed by atoms with Crippen LogP contribution in [0, 0.1) is 6.92 Å². The molecule has 1 saturated heterocycles. The maximum atomic E-state index is 13.2. The van der Waals surface area contributed by atoms with Gasteiger partial charge in [-0.05, 0) is 49.4 Å². The van der Waals surface area contributed by atoms with Crippen molar-refractivity contribution in [2.45, 2.75) is 13.5 Å². The van der Waals surface area contributed by atoms with Gasteiger partial charge in [-0.15, -0.1) is 0 Å². The van der Waals surface area contributed by atoms with Crippen LogP contribution in [0.3, 0.4) is 0 Å². The second-order valence-electron chi connectivity index (χ2n) is 8.40. The Morgan fingerprint density at radius 3 is 2.40 bits per heavy atom. The monoisotopic (exact) mass is 479 g/mol. The first kappa shape index (κ1) is 24.1. The molecule has 1 aliphatic rings. The SMILES string of the molecule is COc1ccc(NC(=O)N2CCN(CC(=O)c3cc(C(N)=O)c(C)n3Cc3ccco3)CC2)cc1. The summed E-state index contributed by atoms with van der Waals surface area (Å²) >= 11 is 0. The van der Waals surface area contributed by atoms with Crippen molar-refractivity contribution in [3.8, 4) is 5.75 Å². The van der Waals surface area contributed by atoms with E-state index in [1.54, 1.807) is 66.2 Å². The molecule has 10 nitrogen and oxygen atoms in total. The van der Waals surface area contributed by atoms with E-state index in [1.807, 2.05) is 11.0 Å². The number of aromatic nitrogens is 1. The van der Waals surface area contributed by atoms with Crippen molar-refractivity contribution >= 4 is 23.4 Å². The number of anilines is 1. The van der Waals surface area contributed by atoms with Crippen LogP contribution >= 0.6 is 0 Å². The zero-order chi connectivity index (χ0) is 24.9. The van der Waals surface area contributed by atoms with Gasteiger partial charge in [0.1, 0.15) is 11.5 Å². The number of nitrogens with zero attached hydrogens (tertiary/aromatic N) is 3. The number of methoxy groups -OCH3 is 1. The van der Waals surface area contributed by atoms with Gasteiger partial charge in [0.2, 0.25) is 0 Å². The number of rotatable bonds is 8. The van der Waals surface area contributed by atoms with Crippen LogP contribution in [0.5, 0.6) is 5.75 Å². The molecule has 3 amide bonds. The maximum absolute atomic E-state index is 13.2. The number of hydrogen-bond acceptors (Lipinski definition) is 6. The van der Waals surface area contributed by atoms with Gasteiger partial charge in [-0.2, -0.15) is 0 Å². The Morgan fingerprint density at radius 2 is 1.80 bits per heavy atom. The molecular formula is C25H29N5O5. The first-order valence-electron chi connectivity index (χ1n) is 11.3. The van der Waals surface area contributed by atoms with Crippen molar-refractivity contribution in [3.63, 3.8) is 0 Å². The highest BCUT2D eigenvalue weighted by Crippen LogP contribution is 2.20.